The lowest BCUT2D eigenvalue weighted by Gasteiger charge is -2.24. The van der Waals surface area contributed by atoms with Crippen LogP contribution in [-0.4, -0.2) is 74.3 Å². The predicted molar refractivity (Wildman–Crippen MR) is 88.4 cm³/mol. The summed E-state index contributed by atoms with van der Waals surface area (Å²) in [6, 6.07) is 9.46. The van der Waals surface area contributed by atoms with Gasteiger partial charge in [0.05, 0.1) is 11.7 Å². The summed E-state index contributed by atoms with van der Waals surface area (Å²) in [6.45, 7) is 2.37. The highest BCUT2D eigenvalue weighted by molar-refractivity contribution is 7.88. The topological polar surface area (TPSA) is 87.2 Å². The summed E-state index contributed by atoms with van der Waals surface area (Å²) in [7, 11) is -3.36. The first kappa shape index (κ1) is 17.2. The van der Waals surface area contributed by atoms with Crippen molar-refractivity contribution in [2.75, 3.05) is 45.6 Å². The van der Waals surface area contributed by atoms with E-state index < -0.39 is 21.4 Å². The van der Waals surface area contributed by atoms with Crippen molar-refractivity contribution in [2.45, 2.75) is 0 Å². The van der Waals surface area contributed by atoms with Gasteiger partial charge in [0.25, 0.3) is 0 Å². The molecular weight excluding hydrogens is 332 g/mol. The van der Waals surface area contributed by atoms with Crippen LogP contribution in [0.5, 0.6) is 5.75 Å². The van der Waals surface area contributed by atoms with Crippen LogP contribution in [0.4, 0.5) is 0 Å². The highest BCUT2D eigenvalue weighted by Crippen LogP contribution is 2.43. The summed E-state index contributed by atoms with van der Waals surface area (Å²) in [5.41, 5.74) is -1.00. The van der Waals surface area contributed by atoms with E-state index in [1.165, 1.54) is 4.31 Å². The maximum atomic E-state index is 11.8. The van der Waals surface area contributed by atoms with Crippen LogP contribution in [0, 0.1) is 11.3 Å². The molecule has 2 fully saturated rings. The first-order chi connectivity index (χ1) is 11.3. The van der Waals surface area contributed by atoms with Crippen molar-refractivity contribution in [3.05, 3.63) is 30.3 Å². The van der Waals surface area contributed by atoms with Gasteiger partial charge in [0.15, 0.2) is 0 Å². The summed E-state index contributed by atoms with van der Waals surface area (Å²) in [6.07, 6.45) is 1.13. The quantitative estimate of drug-likeness (QED) is 0.793. The molecule has 24 heavy (non-hydrogen) atoms. The number of ether oxygens (including phenoxy) is 1. The number of sulfonamides is 1. The number of nitrogens with zero attached hydrogens (tertiary/aromatic N) is 2. The Balaban J connectivity index is 1.60. The molecule has 2 saturated heterocycles. The van der Waals surface area contributed by atoms with Gasteiger partial charge in [-0.2, -0.15) is 0 Å². The van der Waals surface area contributed by atoms with Gasteiger partial charge in [-0.1, -0.05) is 18.2 Å². The summed E-state index contributed by atoms with van der Waals surface area (Å²) < 4.78 is 30.4. The van der Waals surface area contributed by atoms with Crippen LogP contribution < -0.4 is 4.74 Å². The van der Waals surface area contributed by atoms with Gasteiger partial charge in [0, 0.05) is 38.6 Å². The Bertz CT molecular complexity index is 708. The number of aliphatic carboxylic acids is 1. The molecule has 2 heterocycles. The van der Waals surface area contributed by atoms with Crippen LogP contribution in [0.2, 0.25) is 0 Å². The molecule has 7 nitrogen and oxygen atoms in total. The highest BCUT2D eigenvalue weighted by atomic mass is 32.2. The van der Waals surface area contributed by atoms with Gasteiger partial charge >= 0.3 is 5.97 Å². The van der Waals surface area contributed by atoms with E-state index in [1.54, 1.807) is 0 Å². The number of rotatable bonds is 6. The Hall–Kier alpha value is -1.64. The monoisotopic (exact) mass is 354 g/mol. The number of likely N-dealkylation sites (tertiary alicyclic amines) is 1. The Morgan fingerprint density at radius 1 is 1.29 bits per heavy atom. The number of hydrogen-bond acceptors (Lipinski definition) is 5. The Morgan fingerprint density at radius 2 is 2.00 bits per heavy atom. The van der Waals surface area contributed by atoms with Crippen LogP contribution in [0.1, 0.15) is 0 Å². The van der Waals surface area contributed by atoms with Gasteiger partial charge in [0.2, 0.25) is 10.0 Å². The van der Waals surface area contributed by atoms with E-state index in [2.05, 4.69) is 4.90 Å². The molecule has 2 aliphatic heterocycles. The van der Waals surface area contributed by atoms with Crippen molar-refractivity contribution in [2.24, 2.45) is 11.3 Å². The standard InChI is InChI=1S/C16H22N2O5S/c1-24(21,22)18-10-13-9-17(11-16(13,12-18)15(19)20)7-8-23-14-5-3-2-4-6-14/h2-6,13H,7-12H2,1H3,(H,19,20)/t13-,16-/m1/s1. The van der Waals surface area contributed by atoms with E-state index in [9.17, 15) is 18.3 Å². The van der Waals surface area contributed by atoms with Crippen molar-refractivity contribution in [3.8, 4) is 5.75 Å². The lowest BCUT2D eigenvalue weighted by Crippen LogP contribution is -2.42. The SMILES string of the molecule is CS(=O)(=O)N1C[C@H]2CN(CCOc3ccccc3)C[C@@]2(C(=O)O)C1. The molecule has 0 aliphatic carbocycles. The number of carbonyl (C=O) groups is 1. The summed E-state index contributed by atoms with van der Waals surface area (Å²) in [4.78, 5) is 13.9. The minimum absolute atomic E-state index is 0.0574. The Labute approximate surface area is 141 Å². The number of benzene rings is 1. The molecule has 1 N–H and O–H groups in total. The second kappa shape index (κ2) is 6.34. The van der Waals surface area contributed by atoms with Crippen molar-refractivity contribution in [3.63, 3.8) is 0 Å². The van der Waals surface area contributed by atoms with Crippen molar-refractivity contribution in [1.29, 1.82) is 0 Å². The van der Waals surface area contributed by atoms with Gasteiger partial charge in [0.1, 0.15) is 12.4 Å². The largest absolute Gasteiger partial charge is 0.492 e. The zero-order valence-corrected chi connectivity index (χ0v) is 14.4. The average molecular weight is 354 g/mol. The number of carboxylic acid groups (broad SMARTS) is 1. The number of hydrogen-bond donors (Lipinski definition) is 1. The van der Waals surface area contributed by atoms with Crippen LogP contribution in [0.25, 0.3) is 0 Å². The fourth-order valence-electron chi connectivity index (χ4n) is 3.66. The van der Waals surface area contributed by atoms with Gasteiger partial charge in [-0.25, -0.2) is 12.7 Å². The van der Waals surface area contributed by atoms with E-state index >= 15 is 0 Å². The van der Waals surface area contributed by atoms with Gasteiger partial charge in [-0.15, -0.1) is 0 Å². The van der Waals surface area contributed by atoms with Gasteiger partial charge in [-0.3, -0.25) is 9.69 Å². The van der Waals surface area contributed by atoms with Gasteiger partial charge in [-0.05, 0) is 12.1 Å². The summed E-state index contributed by atoms with van der Waals surface area (Å²) in [5, 5.41) is 9.70. The Kier molecular flexibility index (Phi) is 4.54. The van der Waals surface area contributed by atoms with E-state index in [0.29, 0.717) is 26.2 Å². The molecule has 0 unspecified atom stereocenters. The maximum Gasteiger partial charge on any atom is 0.312 e. The van der Waals surface area contributed by atoms with Gasteiger partial charge < -0.3 is 9.84 Å². The van der Waals surface area contributed by atoms with Crippen LogP contribution in [0.15, 0.2) is 30.3 Å². The number of para-hydroxylation sites is 1. The second-order valence-electron chi connectivity index (χ2n) is 6.61. The van der Waals surface area contributed by atoms with Crippen LogP contribution >= 0.6 is 0 Å². The summed E-state index contributed by atoms with van der Waals surface area (Å²) >= 11 is 0. The van der Waals surface area contributed by atoms with E-state index in [0.717, 1.165) is 12.0 Å². The first-order valence-corrected chi connectivity index (χ1v) is 9.75. The molecule has 0 bridgehead atoms. The lowest BCUT2D eigenvalue weighted by atomic mass is 9.81. The smallest absolute Gasteiger partial charge is 0.312 e. The summed E-state index contributed by atoms with van der Waals surface area (Å²) in [5.74, 6) is -0.306. The lowest BCUT2D eigenvalue weighted by molar-refractivity contribution is -0.148. The molecule has 0 radical (unpaired) electrons. The molecule has 0 aromatic heterocycles. The first-order valence-electron chi connectivity index (χ1n) is 7.90. The molecule has 0 saturated carbocycles. The van der Waals surface area contributed by atoms with E-state index in [-0.39, 0.29) is 19.0 Å². The second-order valence-corrected chi connectivity index (χ2v) is 8.59. The third-order valence-corrected chi connectivity index (χ3v) is 6.18. The molecule has 8 heteroatoms. The average Bonchev–Trinajstić information content (AvgIpc) is 3.03. The number of carboxylic acids is 1. The van der Waals surface area contributed by atoms with E-state index in [1.807, 2.05) is 30.3 Å². The molecule has 132 valence electrons. The molecule has 0 amide bonds. The van der Waals surface area contributed by atoms with Crippen molar-refractivity contribution in [1.82, 2.24) is 9.21 Å². The minimum atomic E-state index is -3.36. The zero-order chi connectivity index (χ0) is 17.4. The molecule has 1 aromatic rings. The molecule has 2 atom stereocenters. The minimum Gasteiger partial charge on any atom is -0.492 e. The molecule has 2 aliphatic rings. The third-order valence-electron chi connectivity index (χ3n) is 4.96. The molecule has 1 aromatic carbocycles. The zero-order valence-electron chi connectivity index (χ0n) is 13.6. The Morgan fingerprint density at radius 3 is 2.58 bits per heavy atom. The molecule has 0 spiro atoms. The maximum absolute atomic E-state index is 11.8. The third kappa shape index (κ3) is 3.26. The molecular formula is C16H22N2O5S. The predicted octanol–water partition coefficient (Wildman–Crippen LogP) is 0.343. The molecule has 3 rings (SSSR count). The van der Waals surface area contributed by atoms with Crippen molar-refractivity contribution >= 4 is 16.0 Å². The van der Waals surface area contributed by atoms with E-state index in [4.69, 9.17) is 4.74 Å². The normalized spacial score (nSPS) is 28.0. The van der Waals surface area contributed by atoms with Crippen LogP contribution in [-0.2, 0) is 14.8 Å². The number of fused-ring (bicyclic) bond motifs is 1. The highest BCUT2D eigenvalue weighted by Gasteiger charge is 2.58. The van der Waals surface area contributed by atoms with Crippen molar-refractivity contribution < 1.29 is 23.1 Å². The van der Waals surface area contributed by atoms with Crippen LogP contribution in [0.3, 0.4) is 0 Å². The fourth-order valence-corrected chi connectivity index (χ4v) is 4.57. The fraction of sp³-hybridized carbons (Fsp3) is 0.562.